The first-order chi connectivity index (χ1) is 19.9. The van der Waals surface area contributed by atoms with Crippen LogP contribution >= 0.6 is 0 Å². The van der Waals surface area contributed by atoms with E-state index in [0.717, 1.165) is 25.2 Å². The number of nitrogens with zero attached hydrogens (tertiary/aromatic N) is 4. The van der Waals surface area contributed by atoms with E-state index >= 15 is 0 Å². The molecule has 4 aromatic rings. The van der Waals surface area contributed by atoms with Crippen LogP contribution in [0.3, 0.4) is 0 Å². The summed E-state index contributed by atoms with van der Waals surface area (Å²) in [4.78, 5) is 21.1. The number of hydrogen-bond acceptors (Lipinski definition) is 7. The average Bonchev–Trinajstić information content (AvgIpc) is 3.00. The molecular weight excluding hydrogens is 540 g/mol. The Labute approximate surface area is 241 Å². The molecule has 0 radical (unpaired) electrons. The van der Waals surface area contributed by atoms with Gasteiger partial charge in [-0.2, -0.15) is 4.31 Å². The molecule has 0 atom stereocenters. The molecule has 5 rings (SSSR count). The smallest absolute Gasteiger partial charge is 0.265 e. The maximum Gasteiger partial charge on any atom is 0.265 e. The van der Waals surface area contributed by atoms with Gasteiger partial charge in [0.25, 0.3) is 5.56 Å². The second-order valence-corrected chi connectivity index (χ2v) is 12.1. The molecule has 0 unspecified atom stereocenters. The first-order valence-corrected chi connectivity index (χ1v) is 15.3. The number of methoxy groups -OCH3 is 1. The highest BCUT2D eigenvalue weighted by atomic mass is 32.2. The van der Waals surface area contributed by atoms with E-state index in [1.54, 1.807) is 42.0 Å². The lowest BCUT2D eigenvalue weighted by atomic mass is 10.2. The summed E-state index contributed by atoms with van der Waals surface area (Å²) in [7, 11) is -2.18. The highest BCUT2D eigenvalue weighted by Gasteiger charge is 2.25. The van der Waals surface area contributed by atoms with Crippen molar-refractivity contribution in [3.8, 4) is 11.4 Å². The number of para-hydroxylation sites is 1. The molecule has 10 heteroatoms. The second-order valence-electron chi connectivity index (χ2n) is 10.2. The van der Waals surface area contributed by atoms with E-state index in [-0.39, 0.29) is 23.4 Å². The van der Waals surface area contributed by atoms with Crippen molar-refractivity contribution in [2.75, 3.05) is 53.0 Å². The maximum atomic E-state index is 13.8. The van der Waals surface area contributed by atoms with Gasteiger partial charge in [-0.1, -0.05) is 29.8 Å². The summed E-state index contributed by atoms with van der Waals surface area (Å²) in [5.74, 6) is 1.17. The van der Waals surface area contributed by atoms with Crippen molar-refractivity contribution in [3.05, 3.63) is 94.5 Å². The molecule has 0 N–H and O–H groups in total. The van der Waals surface area contributed by atoms with E-state index in [1.807, 2.05) is 49.4 Å². The zero-order chi connectivity index (χ0) is 28.8. The Kier molecular flexibility index (Phi) is 9.14. The molecule has 1 aliphatic rings. The third-order valence-electron chi connectivity index (χ3n) is 7.40. The van der Waals surface area contributed by atoms with E-state index in [9.17, 15) is 13.2 Å². The Balaban J connectivity index is 1.47. The van der Waals surface area contributed by atoms with Crippen LogP contribution in [-0.2, 0) is 21.2 Å². The van der Waals surface area contributed by atoms with Crippen molar-refractivity contribution in [2.45, 2.75) is 24.7 Å². The fourth-order valence-electron chi connectivity index (χ4n) is 5.08. The van der Waals surface area contributed by atoms with Crippen LogP contribution in [0.2, 0.25) is 0 Å². The molecule has 41 heavy (non-hydrogen) atoms. The Morgan fingerprint density at radius 3 is 2.37 bits per heavy atom. The summed E-state index contributed by atoms with van der Waals surface area (Å²) in [5, 5.41) is 0.502. The monoisotopic (exact) mass is 576 g/mol. The van der Waals surface area contributed by atoms with Gasteiger partial charge in [-0.05, 0) is 68.4 Å². The van der Waals surface area contributed by atoms with Crippen molar-refractivity contribution < 1.29 is 17.9 Å². The summed E-state index contributed by atoms with van der Waals surface area (Å²) < 4.78 is 41.5. The molecule has 216 valence electrons. The van der Waals surface area contributed by atoms with Gasteiger partial charge in [0.05, 0.1) is 41.8 Å². The van der Waals surface area contributed by atoms with Crippen molar-refractivity contribution in [1.82, 2.24) is 18.8 Å². The lowest BCUT2D eigenvalue weighted by Gasteiger charge is -2.28. The maximum absolute atomic E-state index is 13.8. The normalized spacial score (nSPS) is 14.5. The summed E-state index contributed by atoms with van der Waals surface area (Å²) >= 11 is 0. The van der Waals surface area contributed by atoms with Crippen molar-refractivity contribution in [2.24, 2.45) is 0 Å². The van der Waals surface area contributed by atoms with Crippen molar-refractivity contribution in [3.63, 3.8) is 0 Å². The molecule has 1 aliphatic heterocycles. The Morgan fingerprint density at radius 1 is 0.951 bits per heavy atom. The highest BCUT2D eigenvalue weighted by molar-refractivity contribution is 7.89. The van der Waals surface area contributed by atoms with Crippen LogP contribution in [0.1, 0.15) is 17.8 Å². The fourth-order valence-corrected chi connectivity index (χ4v) is 6.55. The molecule has 3 aromatic carbocycles. The minimum absolute atomic E-state index is 0.181. The Bertz CT molecular complexity index is 1630. The van der Waals surface area contributed by atoms with Gasteiger partial charge in [-0.25, -0.2) is 13.4 Å². The summed E-state index contributed by atoms with van der Waals surface area (Å²) in [6, 6.07) is 21.4. The molecule has 0 aliphatic carbocycles. The quantitative estimate of drug-likeness (QED) is 0.269. The molecule has 1 saturated heterocycles. The van der Waals surface area contributed by atoms with E-state index in [1.165, 1.54) is 4.31 Å². The third kappa shape index (κ3) is 6.68. The molecule has 1 aromatic heterocycles. The zero-order valence-corrected chi connectivity index (χ0v) is 24.3. The molecule has 1 fully saturated rings. The van der Waals surface area contributed by atoms with Gasteiger partial charge in [-0.3, -0.25) is 14.3 Å². The molecule has 0 bridgehead atoms. The minimum Gasteiger partial charge on any atom is -0.497 e. The summed E-state index contributed by atoms with van der Waals surface area (Å²) in [6.07, 6.45) is 0.941. The van der Waals surface area contributed by atoms with Crippen LogP contribution in [0.5, 0.6) is 5.75 Å². The molecule has 9 nitrogen and oxygen atoms in total. The van der Waals surface area contributed by atoms with Gasteiger partial charge >= 0.3 is 0 Å². The number of fused-ring (bicyclic) bond motifs is 1. The average molecular weight is 577 g/mol. The van der Waals surface area contributed by atoms with Gasteiger partial charge < -0.3 is 9.47 Å². The minimum atomic E-state index is -3.77. The van der Waals surface area contributed by atoms with Crippen LogP contribution in [-0.4, -0.2) is 80.2 Å². The van der Waals surface area contributed by atoms with E-state index in [2.05, 4.69) is 4.90 Å². The molecule has 0 spiro atoms. The number of rotatable bonds is 11. The van der Waals surface area contributed by atoms with Gasteiger partial charge in [0, 0.05) is 32.6 Å². The lowest BCUT2D eigenvalue weighted by molar-refractivity contribution is 0.0369. The van der Waals surface area contributed by atoms with Crippen LogP contribution < -0.4 is 10.3 Å². The first-order valence-electron chi connectivity index (χ1n) is 13.9. The SMILES string of the molecule is COc1ccc(-n2c(CCN(CCCN3CCOCC3)S(=O)(=O)c3ccc(C)cc3)nc3ccccc3c2=O)cc1. The summed E-state index contributed by atoms with van der Waals surface area (Å²) in [5.41, 5.74) is 2.02. The lowest BCUT2D eigenvalue weighted by Crippen LogP contribution is -2.40. The van der Waals surface area contributed by atoms with Crippen molar-refractivity contribution in [1.29, 1.82) is 0 Å². The first kappa shape index (κ1) is 28.9. The topological polar surface area (TPSA) is 94.0 Å². The molecular formula is C31H36N4O5S. The number of benzene rings is 3. The van der Waals surface area contributed by atoms with Gasteiger partial charge in [0.15, 0.2) is 0 Å². The van der Waals surface area contributed by atoms with Crippen LogP contribution in [0.4, 0.5) is 0 Å². The molecule has 0 amide bonds. The van der Waals surface area contributed by atoms with Crippen LogP contribution in [0.15, 0.2) is 82.5 Å². The van der Waals surface area contributed by atoms with Crippen LogP contribution in [0.25, 0.3) is 16.6 Å². The van der Waals surface area contributed by atoms with Gasteiger partial charge in [-0.15, -0.1) is 0 Å². The standard InChI is InChI=1S/C31H36N4O5S/c1-24-8-14-27(15-9-24)41(37,38)34(18-5-17-33-20-22-40-23-21-33)19-16-30-32-29-7-4-3-6-28(29)31(36)35(30)25-10-12-26(39-2)13-11-25/h3-4,6-15H,5,16-23H2,1-2H3. The number of hydrogen-bond donors (Lipinski definition) is 0. The van der Waals surface area contributed by atoms with E-state index < -0.39 is 10.0 Å². The predicted molar refractivity (Wildman–Crippen MR) is 159 cm³/mol. The third-order valence-corrected chi connectivity index (χ3v) is 9.32. The predicted octanol–water partition coefficient (Wildman–Crippen LogP) is 3.66. The van der Waals surface area contributed by atoms with Gasteiger partial charge in [0.1, 0.15) is 11.6 Å². The Hall–Kier alpha value is -3.57. The van der Waals surface area contributed by atoms with Crippen molar-refractivity contribution >= 4 is 20.9 Å². The number of aryl methyl sites for hydroxylation is 1. The number of morpholine rings is 1. The van der Waals surface area contributed by atoms with Crippen LogP contribution in [0, 0.1) is 6.92 Å². The second kappa shape index (κ2) is 12.9. The van der Waals surface area contributed by atoms with E-state index in [4.69, 9.17) is 14.5 Å². The Morgan fingerprint density at radius 2 is 1.66 bits per heavy atom. The van der Waals surface area contributed by atoms with Gasteiger partial charge in [0.2, 0.25) is 10.0 Å². The number of sulfonamides is 1. The number of aromatic nitrogens is 2. The fraction of sp³-hybridized carbons (Fsp3) is 0.355. The largest absolute Gasteiger partial charge is 0.497 e. The number of ether oxygens (including phenoxy) is 2. The molecule has 2 heterocycles. The highest BCUT2D eigenvalue weighted by Crippen LogP contribution is 2.20. The van der Waals surface area contributed by atoms with E-state index in [0.29, 0.717) is 54.3 Å². The zero-order valence-electron chi connectivity index (χ0n) is 23.5. The summed E-state index contributed by atoms with van der Waals surface area (Å²) in [6.45, 7) is 6.34. The molecule has 0 saturated carbocycles.